The molecule has 1 unspecified atom stereocenters. The quantitative estimate of drug-likeness (QED) is 0.690. The summed E-state index contributed by atoms with van der Waals surface area (Å²) in [5, 5.41) is 4.31. The number of aromatic nitrogens is 4. The van der Waals surface area contributed by atoms with Crippen molar-refractivity contribution in [2.24, 2.45) is 0 Å². The Balaban J connectivity index is 1.39. The van der Waals surface area contributed by atoms with Crippen LogP contribution in [0.3, 0.4) is 0 Å². The van der Waals surface area contributed by atoms with Crippen LogP contribution in [0.25, 0.3) is 11.6 Å². The van der Waals surface area contributed by atoms with Gasteiger partial charge in [0.25, 0.3) is 0 Å². The lowest BCUT2D eigenvalue weighted by Gasteiger charge is -2.35. The molecule has 0 aliphatic carbocycles. The van der Waals surface area contributed by atoms with Gasteiger partial charge in [-0.2, -0.15) is 5.10 Å². The molecule has 6 heteroatoms. The molecule has 4 heterocycles. The van der Waals surface area contributed by atoms with Crippen LogP contribution in [0.1, 0.15) is 31.2 Å². The van der Waals surface area contributed by atoms with Crippen molar-refractivity contribution in [1.82, 2.24) is 24.6 Å². The van der Waals surface area contributed by atoms with Gasteiger partial charge in [0.05, 0.1) is 6.26 Å². The maximum Gasteiger partial charge on any atom is 0.195 e. The van der Waals surface area contributed by atoms with Gasteiger partial charge in [-0.05, 0) is 44.0 Å². The van der Waals surface area contributed by atoms with Gasteiger partial charge in [-0.25, -0.2) is 9.97 Å². The van der Waals surface area contributed by atoms with E-state index in [1.807, 2.05) is 47.7 Å². The molecule has 1 aliphatic heterocycles. The number of hydrogen-bond acceptors (Lipinski definition) is 5. The molecule has 0 aromatic carbocycles. The van der Waals surface area contributed by atoms with Gasteiger partial charge >= 0.3 is 0 Å². The zero-order valence-electron chi connectivity index (χ0n) is 14.3. The van der Waals surface area contributed by atoms with E-state index in [9.17, 15) is 0 Å². The van der Waals surface area contributed by atoms with Crippen LogP contribution >= 0.6 is 0 Å². The Kier molecular flexibility index (Phi) is 4.88. The number of hydrogen-bond donors (Lipinski definition) is 0. The third-order valence-electron chi connectivity index (χ3n) is 4.83. The van der Waals surface area contributed by atoms with Crippen LogP contribution in [0.4, 0.5) is 0 Å². The van der Waals surface area contributed by atoms with Gasteiger partial charge in [-0.1, -0.05) is 6.42 Å². The highest BCUT2D eigenvalue weighted by Gasteiger charge is 2.22. The zero-order chi connectivity index (χ0) is 16.9. The lowest BCUT2D eigenvalue weighted by molar-refractivity contribution is 0.127. The van der Waals surface area contributed by atoms with Gasteiger partial charge in [0.15, 0.2) is 11.6 Å². The summed E-state index contributed by atoms with van der Waals surface area (Å²) in [5.41, 5.74) is 1.15. The molecule has 0 saturated carbocycles. The summed E-state index contributed by atoms with van der Waals surface area (Å²) in [6.07, 6.45) is 14.3. The Bertz CT molecular complexity index is 752. The molecule has 0 spiro atoms. The molecule has 6 nitrogen and oxygen atoms in total. The lowest BCUT2D eigenvalue weighted by atomic mass is 9.99. The van der Waals surface area contributed by atoms with Crippen molar-refractivity contribution in [1.29, 1.82) is 0 Å². The second-order valence-electron chi connectivity index (χ2n) is 6.57. The standard InChI is InChI=1S/C19H23N5O/c1-2-9-23(17(5-1)7-11-24-10-4-8-22-24)15-16-13-20-19(21-14-16)18-6-3-12-25-18/h3-4,6,8,10,12-14,17H,1-2,5,7,9,11,15H2. The fourth-order valence-corrected chi connectivity index (χ4v) is 3.51. The van der Waals surface area contributed by atoms with Crippen LogP contribution < -0.4 is 0 Å². The van der Waals surface area contributed by atoms with Gasteiger partial charge in [0.2, 0.25) is 0 Å². The fraction of sp³-hybridized carbons (Fsp3) is 0.421. The highest BCUT2D eigenvalue weighted by atomic mass is 16.3. The SMILES string of the molecule is c1coc(-c2ncc(CN3CCCCC3CCn3cccn3)cn2)c1. The van der Waals surface area contributed by atoms with Crippen LogP contribution in [-0.4, -0.2) is 37.2 Å². The lowest BCUT2D eigenvalue weighted by Crippen LogP contribution is -2.39. The Hall–Kier alpha value is -2.47. The molecule has 1 atom stereocenters. The van der Waals surface area contributed by atoms with Crippen LogP contribution in [0.5, 0.6) is 0 Å². The molecule has 1 fully saturated rings. The molecule has 1 saturated heterocycles. The summed E-state index contributed by atoms with van der Waals surface area (Å²) in [7, 11) is 0. The monoisotopic (exact) mass is 337 g/mol. The molecule has 4 rings (SSSR count). The largest absolute Gasteiger partial charge is 0.461 e. The number of aryl methyl sites for hydroxylation is 1. The Morgan fingerprint density at radius 3 is 2.84 bits per heavy atom. The number of furan rings is 1. The van der Waals surface area contributed by atoms with Crippen molar-refractivity contribution < 1.29 is 4.42 Å². The number of rotatable bonds is 6. The highest BCUT2D eigenvalue weighted by molar-refractivity contribution is 5.45. The predicted octanol–water partition coefficient (Wildman–Crippen LogP) is 3.38. The van der Waals surface area contributed by atoms with Crippen molar-refractivity contribution in [2.75, 3.05) is 6.54 Å². The Morgan fingerprint density at radius 2 is 2.08 bits per heavy atom. The number of nitrogens with zero attached hydrogens (tertiary/aromatic N) is 5. The maximum atomic E-state index is 5.35. The molecule has 0 amide bonds. The van der Waals surface area contributed by atoms with E-state index in [2.05, 4.69) is 20.0 Å². The van der Waals surface area contributed by atoms with Gasteiger partial charge in [0, 0.05) is 49.5 Å². The first kappa shape index (κ1) is 16.0. The second kappa shape index (κ2) is 7.61. The van der Waals surface area contributed by atoms with Gasteiger partial charge in [-0.15, -0.1) is 0 Å². The third-order valence-corrected chi connectivity index (χ3v) is 4.83. The minimum absolute atomic E-state index is 0.600. The maximum absolute atomic E-state index is 5.35. The summed E-state index contributed by atoms with van der Waals surface area (Å²) >= 11 is 0. The van der Waals surface area contributed by atoms with Crippen LogP contribution in [0.2, 0.25) is 0 Å². The zero-order valence-corrected chi connectivity index (χ0v) is 14.3. The Morgan fingerprint density at radius 1 is 1.16 bits per heavy atom. The molecule has 0 bridgehead atoms. The van der Waals surface area contributed by atoms with Crippen molar-refractivity contribution in [2.45, 2.75) is 44.8 Å². The van der Waals surface area contributed by atoms with Crippen LogP contribution in [-0.2, 0) is 13.1 Å². The molecule has 130 valence electrons. The van der Waals surface area contributed by atoms with Crippen LogP contribution in [0, 0.1) is 0 Å². The molecule has 0 radical (unpaired) electrons. The Labute approximate surface area is 147 Å². The molecule has 25 heavy (non-hydrogen) atoms. The molecule has 1 aliphatic rings. The molecule has 3 aromatic rings. The van der Waals surface area contributed by atoms with Crippen molar-refractivity contribution in [3.05, 3.63) is 54.8 Å². The van der Waals surface area contributed by atoms with E-state index in [1.54, 1.807) is 6.26 Å². The van der Waals surface area contributed by atoms with Crippen molar-refractivity contribution in [3.63, 3.8) is 0 Å². The first-order chi connectivity index (χ1) is 12.4. The molecular formula is C19H23N5O. The van der Waals surface area contributed by atoms with Crippen molar-refractivity contribution in [3.8, 4) is 11.6 Å². The first-order valence-electron chi connectivity index (χ1n) is 8.95. The molecule has 0 N–H and O–H groups in total. The molecular weight excluding hydrogens is 314 g/mol. The van der Waals surface area contributed by atoms with E-state index in [-0.39, 0.29) is 0 Å². The highest BCUT2D eigenvalue weighted by Crippen LogP contribution is 2.22. The predicted molar refractivity (Wildman–Crippen MR) is 94.6 cm³/mol. The van der Waals surface area contributed by atoms with Crippen molar-refractivity contribution >= 4 is 0 Å². The van der Waals surface area contributed by atoms with E-state index in [0.29, 0.717) is 17.6 Å². The number of likely N-dealkylation sites (tertiary alicyclic amines) is 1. The van der Waals surface area contributed by atoms with Gasteiger partial charge in [-0.3, -0.25) is 9.58 Å². The smallest absolute Gasteiger partial charge is 0.195 e. The normalized spacial score (nSPS) is 18.5. The summed E-state index contributed by atoms with van der Waals surface area (Å²) in [6, 6.07) is 6.31. The fourth-order valence-electron chi connectivity index (χ4n) is 3.51. The average molecular weight is 337 g/mol. The third kappa shape index (κ3) is 3.96. The average Bonchev–Trinajstić information content (AvgIpc) is 3.36. The summed E-state index contributed by atoms with van der Waals surface area (Å²) in [6.45, 7) is 3.02. The second-order valence-corrected chi connectivity index (χ2v) is 6.57. The summed E-state index contributed by atoms with van der Waals surface area (Å²) in [4.78, 5) is 11.5. The van der Waals surface area contributed by atoms with E-state index < -0.39 is 0 Å². The van der Waals surface area contributed by atoms with E-state index in [0.717, 1.165) is 31.6 Å². The van der Waals surface area contributed by atoms with E-state index >= 15 is 0 Å². The van der Waals surface area contributed by atoms with Gasteiger partial charge in [0.1, 0.15) is 0 Å². The number of piperidine rings is 1. The van der Waals surface area contributed by atoms with E-state index in [1.165, 1.54) is 19.3 Å². The van der Waals surface area contributed by atoms with Crippen LogP contribution in [0.15, 0.2) is 53.7 Å². The minimum Gasteiger partial charge on any atom is -0.461 e. The topological polar surface area (TPSA) is 60.0 Å². The first-order valence-corrected chi connectivity index (χ1v) is 8.95. The summed E-state index contributed by atoms with van der Waals surface area (Å²) in [5.74, 6) is 1.35. The van der Waals surface area contributed by atoms with E-state index in [4.69, 9.17) is 4.42 Å². The van der Waals surface area contributed by atoms with Gasteiger partial charge < -0.3 is 4.42 Å². The molecule has 3 aromatic heterocycles. The summed E-state index contributed by atoms with van der Waals surface area (Å²) < 4.78 is 7.37. The minimum atomic E-state index is 0.600.